The van der Waals surface area contributed by atoms with Crippen LogP contribution in [0.25, 0.3) is 0 Å². The zero-order valence-corrected chi connectivity index (χ0v) is 8.33. The van der Waals surface area contributed by atoms with Gasteiger partial charge in [-0.2, -0.15) is 0 Å². The summed E-state index contributed by atoms with van der Waals surface area (Å²) in [5, 5.41) is 19.9. The number of anilines is 1. The fourth-order valence-corrected chi connectivity index (χ4v) is 1.18. The summed E-state index contributed by atoms with van der Waals surface area (Å²) in [6.45, 7) is -0.310. The minimum atomic E-state index is -1.60. The number of aliphatic carboxylic acids is 1. The maximum absolute atomic E-state index is 13.1. The fourth-order valence-electron chi connectivity index (χ4n) is 0.953. The van der Waals surface area contributed by atoms with E-state index < -0.39 is 17.9 Å². The molecule has 0 aliphatic carbocycles. The van der Waals surface area contributed by atoms with Crippen LogP contribution in [0.4, 0.5) is 10.1 Å². The standard InChI is InChI=1S/C9H9ClFNO3/c10-5-2-1-3-6(11)8(5)12-4-7(13)9(14)15/h1-3,7,12-13H,4H2,(H,14,15). The molecule has 0 saturated heterocycles. The number of nitrogens with one attached hydrogen (secondary N) is 1. The number of para-hydroxylation sites is 1. The van der Waals surface area contributed by atoms with E-state index in [1.165, 1.54) is 18.2 Å². The van der Waals surface area contributed by atoms with Crippen molar-refractivity contribution in [2.45, 2.75) is 6.10 Å². The molecule has 82 valence electrons. The first-order chi connectivity index (χ1) is 7.02. The smallest absolute Gasteiger partial charge is 0.334 e. The van der Waals surface area contributed by atoms with Crippen LogP contribution in [-0.2, 0) is 4.79 Å². The Labute approximate surface area is 90.3 Å². The van der Waals surface area contributed by atoms with Gasteiger partial charge in [0.25, 0.3) is 0 Å². The zero-order chi connectivity index (χ0) is 11.4. The van der Waals surface area contributed by atoms with E-state index in [0.29, 0.717) is 0 Å². The summed E-state index contributed by atoms with van der Waals surface area (Å²) in [6.07, 6.45) is -1.60. The molecule has 3 N–H and O–H groups in total. The molecule has 0 aromatic heterocycles. The molecule has 1 unspecified atom stereocenters. The van der Waals surface area contributed by atoms with Crippen LogP contribution in [0.15, 0.2) is 18.2 Å². The fraction of sp³-hybridized carbons (Fsp3) is 0.222. The third kappa shape index (κ3) is 3.07. The van der Waals surface area contributed by atoms with Crippen molar-refractivity contribution >= 4 is 23.3 Å². The number of carbonyl (C=O) groups is 1. The van der Waals surface area contributed by atoms with Crippen molar-refractivity contribution in [2.24, 2.45) is 0 Å². The Bertz CT molecular complexity index is 352. The molecular formula is C9H9ClFNO3. The Morgan fingerprint density at radius 1 is 1.60 bits per heavy atom. The predicted molar refractivity (Wildman–Crippen MR) is 53.5 cm³/mol. The van der Waals surface area contributed by atoms with Crippen molar-refractivity contribution in [3.8, 4) is 0 Å². The molecule has 0 bridgehead atoms. The highest BCUT2D eigenvalue weighted by molar-refractivity contribution is 6.33. The van der Waals surface area contributed by atoms with Crippen LogP contribution < -0.4 is 5.32 Å². The Hall–Kier alpha value is -1.33. The molecule has 0 heterocycles. The molecule has 0 aliphatic rings. The van der Waals surface area contributed by atoms with Crippen molar-refractivity contribution in [2.75, 3.05) is 11.9 Å². The van der Waals surface area contributed by atoms with E-state index in [-0.39, 0.29) is 17.3 Å². The summed E-state index contributed by atoms with van der Waals surface area (Å²) >= 11 is 5.66. The second-order valence-corrected chi connectivity index (χ2v) is 3.24. The van der Waals surface area contributed by atoms with E-state index in [9.17, 15) is 9.18 Å². The lowest BCUT2D eigenvalue weighted by molar-refractivity contribution is -0.145. The Kier molecular flexibility index (Phi) is 3.88. The summed E-state index contributed by atoms with van der Waals surface area (Å²) in [6, 6.07) is 4.07. The molecule has 15 heavy (non-hydrogen) atoms. The molecule has 0 amide bonds. The molecule has 1 aromatic carbocycles. The summed E-state index contributed by atoms with van der Waals surface area (Å²) in [7, 11) is 0. The van der Waals surface area contributed by atoms with Crippen molar-refractivity contribution < 1.29 is 19.4 Å². The minimum Gasteiger partial charge on any atom is -0.479 e. The van der Waals surface area contributed by atoms with Crippen molar-refractivity contribution in [1.29, 1.82) is 0 Å². The van der Waals surface area contributed by atoms with E-state index in [2.05, 4.69) is 5.32 Å². The normalized spacial score (nSPS) is 12.2. The maximum Gasteiger partial charge on any atom is 0.334 e. The third-order valence-electron chi connectivity index (χ3n) is 1.72. The average Bonchev–Trinajstić information content (AvgIpc) is 2.16. The lowest BCUT2D eigenvalue weighted by Crippen LogP contribution is -2.28. The van der Waals surface area contributed by atoms with Crippen LogP contribution in [0.1, 0.15) is 0 Å². The van der Waals surface area contributed by atoms with E-state index >= 15 is 0 Å². The van der Waals surface area contributed by atoms with E-state index in [0.717, 1.165) is 0 Å². The number of rotatable bonds is 4. The van der Waals surface area contributed by atoms with Crippen molar-refractivity contribution in [3.63, 3.8) is 0 Å². The molecule has 0 aliphatic heterocycles. The predicted octanol–water partition coefficient (Wildman–Crippen LogP) is 1.34. The summed E-state index contributed by atoms with van der Waals surface area (Å²) in [5.74, 6) is -1.98. The van der Waals surface area contributed by atoms with Crippen molar-refractivity contribution in [1.82, 2.24) is 0 Å². The Balaban J connectivity index is 2.69. The molecule has 1 atom stereocenters. The molecule has 4 nitrogen and oxygen atoms in total. The number of aliphatic hydroxyl groups is 1. The molecule has 6 heteroatoms. The van der Waals surface area contributed by atoms with Gasteiger partial charge in [-0.3, -0.25) is 0 Å². The summed E-state index contributed by atoms with van der Waals surface area (Å²) in [5.41, 5.74) is -0.0144. The molecule has 0 radical (unpaired) electrons. The number of hydrogen-bond acceptors (Lipinski definition) is 3. The number of benzene rings is 1. The van der Waals surface area contributed by atoms with Gasteiger partial charge in [-0.1, -0.05) is 17.7 Å². The quantitative estimate of drug-likeness (QED) is 0.734. The van der Waals surface area contributed by atoms with Gasteiger partial charge in [-0.25, -0.2) is 9.18 Å². The highest BCUT2D eigenvalue weighted by Gasteiger charge is 2.14. The summed E-state index contributed by atoms with van der Waals surface area (Å²) < 4.78 is 13.1. The van der Waals surface area contributed by atoms with Gasteiger partial charge in [0.15, 0.2) is 6.10 Å². The van der Waals surface area contributed by atoms with Gasteiger partial charge in [0.05, 0.1) is 17.3 Å². The van der Waals surface area contributed by atoms with Gasteiger partial charge < -0.3 is 15.5 Å². The molecule has 0 spiro atoms. The van der Waals surface area contributed by atoms with Crippen LogP contribution >= 0.6 is 11.6 Å². The Morgan fingerprint density at radius 2 is 2.27 bits per heavy atom. The lowest BCUT2D eigenvalue weighted by atomic mass is 10.3. The van der Waals surface area contributed by atoms with Gasteiger partial charge in [-0.15, -0.1) is 0 Å². The number of carboxylic acids is 1. The van der Waals surface area contributed by atoms with Crippen LogP contribution in [0.3, 0.4) is 0 Å². The Morgan fingerprint density at radius 3 is 2.80 bits per heavy atom. The minimum absolute atomic E-state index is 0.0144. The average molecular weight is 234 g/mol. The monoisotopic (exact) mass is 233 g/mol. The number of carboxylic acid groups (broad SMARTS) is 1. The second-order valence-electron chi connectivity index (χ2n) is 2.83. The first-order valence-corrected chi connectivity index (χ1v) is 4.49. The highest BCUT2D eigenvalue weighted by Crippen LogP contribution is 2.24. The molecule has 0 fully saturated rings. The molecule has 1 rings (SSSR count). The van der Waals surface area contributed by atoms with Gasteiger partial charge in [-0.05, 0) is 12.1 Å². The first-order valence-electron chi connectivity index (χ1n) is 4.11. The number of aliphatic hydroxyl groups excluding tert-OH is 1. The topological polar surface area (TPSA) is 69.6 Å². The second kappa shape index (κ2) is 4.95. The number of hydrogen-bond donors (Lipinski definition) is 3. The maximum atomic E-state index is 13.1. The van der Waals surface area contributed by atoms with E-state index in [1.807, 2.05) is 0 Å². The number of halogens is 2. The SMILES string of the molecule is O=C(O)C(O)CNc1c(F)cccc1Cl. The van der Waals surface area contributed by atoms with Gasteiger partial charge in [0.2, 0.25) is 0 Å². The van der Waals surface area contributed by atoms with Gasteiger partial charge in [0.1, 0.15) is 5.82 Å². The van der Waals surface area contributed by atoms with Crippen LogP contribution in [0, 0.1) is 5.82 Å². The highest BCUT2D eigenvalue weighted by atomic mass is 35.5. The van der Waals surface area contributed by atoms with Crippen LogP contribution in [0.5, 0.6) is 0 Å². The molecule has 1 aromatic rings. The van der Waals surface area contributed by atoms with E-state index in [4.69, 9.17) is 21.8 Å². The third-order valence-corrected chi connectivity index (χ3v) is 2.03. The summed E-state index contributed by atoms with van der Waals surface area (Å²) in [4.78, 5) is 10.3. The van der Waals surface area contributed by atoms with Gasteiger partial charge >= 0.3 is 5.97 Å². The van der Waals surface area contributed by atoms with Crippen LogP contribution in [-0.4, -0.2) is 28.8 Å². The van der Waals surface area contributed by atoms with Gasteiger partial charge in [0, 0.05) is 0 Å². The largest absolute Gasteiger partial charge is 0.479 e. The molecule has 0 saturated carbocycles. The van der Waals surface area contributed by atoms with E-state index in [1.54, 1.807) is 0 Å². The molecular weight excluding hydrogens is 225 g/mol. The zero-order valence-electron chi connectivity index (χ0n) is 7.58. The first kappa shape index (κ1) is 11.7. The van der Waals surface area contributed by atoms with Crippen molar-refractivity contribution in [3.05, 3.63) is 29.0 Å². The van der Waals surface area contributed by atoms with Crippen LogP contribution in [0.2, 0.25) is 5.02 Å². The lowest BCUT2D eigenvalue weighted by Gasteiger charge is -2.10.